The molecule has 6 atom stereocenters. The van der Waals surface area contributed by atoms with Crippen molar-refractivity contribution >= 4 is 23.4 Å². The molecule has 0 spiro atoms. The van der Waals surface area contributed by atoms with E-state index in [1.165, 1.54) is 0 Å². The van der Waals surface area contributed by atoms with E-state index in [4.69, 9.17) is 4.74 Å². The first-order chi connectivity index (χ1) is 14.5. The summed E-state index contributed by atoms with van der Waals surface area (Å²) in [6, 6.07) is 0. The van der Waals surface area contributed by atoms with Crippen LogP contribution in [0.2, 0.25) is 0 Å². The molecular formula is C15H27N2O11P3. The number of ether oxygens (including phenoxy) is 1. The molecule has 1 aliphatic heterocycles. The molecule has 2 aliphatic rings. The van der Waals surface area contributed by atoms with Crippen molar-refractivity contribution in [2.75, 3.05) is 6.61 Å². The minimum atomic E-state index is -5.50. The lowest BCUT2D eigenvalue weighted by Gasteiger charge is -2.23. The monoisotopic (exact) mass is 504 g/mol. The number of phosphoric acid groups is 2. The number of phosphoric ester groups is 1. The van der Waals surface area contributed by atoms with Gasteiger partial charge in [-0.25, -0.2) is 23.0 Å². The van der Waals surface area contributed by atoms with E-state index in [1.807, 2.05) is 0 Å². The number of aliphatic hydroxyl groups is 1. The Bertz CT molecular complexity index is 858. The molecule has 0 aromatic carbocycles. The van der Waals surface area contributed by atoms with E-state index in [0.717, 1.165) is 57.2 Å². The fraction of sp³-hybridized carbons (Fsp3) is 0.800. The molecule has 178 valence electrons. The summed E-state index contributed by atoms with van der Waals surface area (Å²) in [5, 5.41) is 10.2. The molecule has 0 bridgehead atoms. The van der Waals surface area contributed by atoms with Crippen LogP contribution >= 0.6 is 23.4 Å². The van der Waals surface area contributed by atoms with Crippen molar-refractivity contribution in [1.29, 1.82) is 0 Å². The number of rotatable bonds is 9. The standard InChI is InChI=1S/C15H27N2O11P3/c18-13-9-14(12-5-3-1-2-4-6-12)26-15(13)10-25-30(21,22)28-31(23,24)27-29(19,20)17-8-7-16-11-17/h7-8,11-15,18H,1-6,9-10H2,(H,19,20)(H,21,22)(H,23,24)/t13?,14-,15-/m1/s1. The maximum atomic E-state index is 12.1. The maximum Gasteiger partial charge on any atom is 0.489 e. The number of hydrogen-bond donors (Lipinski definition) is 4. The predicted octanol–water partition coefficient (Wildman–Crippen LogP) is 2.57. The molecule has 13 nitrogen and oxygen atoms in total. The first-order valence-electron chi connectivity index (χ1n) is 9.85. The minimum Gasteiger partial charge on any atom is -0.390 e. The van der Waals surface area contributed by atoms with Crippen molar-refractivity contribution in [2.45, 2.75) is 63.3 Å². The Morgan fingerprint density at radius 1 is 1.03 bits per heavy atom. The van der Waals surface area contributed by atoms with Crippen LogP contribution in [-0.2, 0) is 31.6 Å². The summed E-state index contributed by atoms with van der Waals surface area (Å²) in [7, 11) is -15.6. The van der Waals surface area contributed by atoms with Gasteiger partial charge in [-0.15, -0.1) is 0 Å². The quantitative estimate of drug-likeness (QED) is 0.285. The van der Waals surface area contributed by atoms with Crippen LogP contribution in [0.4, 0.5) is 0 Å². The van der Waals surface area contributed by atoms with Gasteiger partial charge in [0.1, 0.15) is 12.4 Å². The summed E-state index contributed by atoms with van der Waals surface area (Å²) in [5.41, 5.74) is 0. The SMILES string of the molecule is O=P(O)(OC[C@H]1O[C@@H](C2CCCCCC2)CC1O)OP(=O)(O)OP(=O)(O)n1ccnc1. The van der Waals surface area contributed by atoms with Crippen LogP contribution in [0.5, 0.6) is 0 Å². The van der Waals surface area contributed by atoms with Gasteiger partial charge in [0.2, 0.25) is 0 Å². The van der Waals surface area contributed by atoms with Crippen LogP contribution in [0, 0.1) is 5.92 Å². The van der Waals surface area contributed by atoms with E-state index in [1.54, 1.807) is 0 Å². The van der Waals surface area contributed by atoms with Gasteiger partial charge < -0.3 is 24.5 Å². The highest BCUT2D eigenvalue weighted by Gasteiger charge is 2.44. The zero-order chi connectivity index (χ0) is 22.7. The van der Waals surface area contributed by atoms with Gasteiger partial charge in [-0.1, -0.05) is 25.7 Å². The van der Waals surface area contributed by atoms with Crippen molar-refractivity contribution in [1.82, 2.24) is 9.32 Å². The zero-order valence-corrected chi connectivity index (χ0v) is 19.3. The van der Waals surface area contributed by atoms with Crippen LogP contribution in [0.3, 0.4) is 0 Å². The molecule has 1 saturated carbocycles. The van der Waals surface area contributed by atoms with Crippen LogP contribution in [0.1, 0.15) is 44.9 Å². The summed E-state index contributed by atoms with van der Waals surface area (Å²) in [6.45, 7) is -0.587. The van der Waals surface area contributed by atoms with Gasteiger partial charge in [0.05, 0.1) is 18.8 Å². The van der Waals surface area contributed by atoms with Crippen molar-refractivity contribution in [2.24, 2.45) is 5.92 Å². The number of imidazole rings is 1. The van der Waals surface area contributed by atoms with E-state index in [9.17, 15) is 33.5 Å². The first kappa shape index (κ1) is 25.2. The van der Waals surface area contributed by atoms with E-state index >= 15 is 0 Å². The van der Waals surface area contributed by atoms with Crippen molar-refractivity contribution < 1.29 is 51.4 Å². The third kappa shape index (κ3) is 7.28. The molecule has 0 radical (unpaired) electrons. The maximum absolute atomic E-state index is 12.1. The summed E-state index contributed by atoms with van der Waals surface area (Å²) in [6.07, 6.45) is 7.69. The first-order valence-corrected chi connectivity index (χ1v) is 14.4. The summed E-state index contributed by atoms with van der Waals surface area (Å²) in [5.74, 6) is 0.285. The van der Waals surface area contributed by atoms with Crippen LogP contribution in [0.15, 0.2) is 18.7 Å². The van der Waals surface area contributed by atoms with Gasteiger partial charge in [-0.3, -0.25) is 4.52 Å². The smallest absolute Gasteiger partial charge is 0.390 e. The van der Waals surface area contributed by atoms with Gasteiger partial charge in [0, 0.05) is 18.8 Å². The van der Waals surface area contributed by atoms with Crippen LogP contribution < -0.4 is 0 Å². The normalized spacial score (nSPS) is 31.4. The Kier molecular flexibility index (Phi) is 8.32. The second kappa shape index (κ2) is 10.2. The average molecular weight is 504 g/mol. The second-order valence-corrected chi connectivity index (χ2v) is 12.5. The highest BCUT2D eigenvalue weighted by atomic mass is 31.3. The minimum absolute atomic E-state index is 0.205. The Morgan fingerprint density at radius 2 is 1.71 bits per heavy atom. The molecule has 31 heavy (non-hydrogen) atoms. The molecule has 2 fully saturated rings. The second-order valence-electron chi connectivity index (χ2n) is 7.60. The number of aliphatic hydroxyl groups excluding tert-OH is 1. The topological polar surface area (TPSA) is 187 Å². The van der Waals surface area contributed by atoms with E-state index in [-0.39, 0.29) is 12.0 Å². The van der Waals surface area contributed by atoms with Crippen LogP contribution in [0.25, 0.3) is 0 Å². The summed E-state index contributed by atoms with van der Waals surface area (Å²) >= 11 is 0. The molecule has 4 unspecified atom stereocenters. The van der Waals surface area contributed by atoms with E-state index < -0.39 is 42.2 Å². The Balaban J connectivity index is 1.52. The largest absolute Gasteiger partial charge is 0.489 e. The molecule has 0 amide bonds. The van der Waals surface area contributed by atoms with Gasteiger partial charge in [0.25, 0.3) is 0 Å². The highest BCUT2D eigenvalue weighted by Crippen LogP contribution is 2.67. The predicted molar refractivity (Wildman–Crippen MR) is 106 cm³/mol. The Labute approximate surface area is 179 Å². The highest BCUT2D eigenvalue weighted by molar-refractivity contribution is 7.67. The zero-order valence-electron chi connectivity index (χ0n) is 16.6. The van der Waals surface area contributed by atoms with Crippen molar-refractivity contribution in [3.63, 3.8) is 0 Å². The third-order valence-electron chi connectivity index (χ3n) is 5.28. The lowest BCUT2D eigenvalue weighted by atomic mass is 9.92. The lowest BCUT2D eigenvalue weighted by Crippen LogP contribution is -2.26. The summed E-state index contributed by atoms with van der Waals surface area (Å²) in [4.78, 5) is 32.6. The molecule has 1 aliphatic carbocycles. The summed E-state index contributed by atoms with van der Waals surface area (Å²) < 4.78 is 55.2. The third-order valence-corrected chi connectivity index (χ3v) is 9.90. The number of nitrogens with zero attached hydrogens (tertiary/aromatic N) is 2. The van der Waals surface area contributed by atoms with E-state index in [0.29, 0.717) is 10.8 Å². The Hall–Kier alpha value is -0.420. The molecule has 3 rings (SSSR count). The van der Waals surface area contributed by atoms with Gasteiger partial charge in [0.15, 0.2) is 0 Å². The fourth-order valence-corrected chi connectivity index (χ4v) is 7.60. The molecule has 1 saturated heterocycles. The molecule has 1 aromatic rings. The molecular weight excluding hydrogens is 477 g/mol. The average Bonchev–Trinajstić information content (AvgIpc) is 3.22. The molecule has 2 heterocycles. The molecule has 1 aromatic heterocycles. The van der Waals surface area contributed by atoms with Gasteiger partial charge in [-0.2, -0.15) is 8.62 Å². The molecule has 16 heteroatoms. The Morgan fingerprint density at radius 3 is 2.32 bits per heavy atom. The van der Waals surface area contributed by atoms with Crippen molar-refractivity contribution in [3.05, 3.63) is 18.7 Å². The van der Waals surface area contributed by atoms with Gasteiger partial charge in [-0.05, 0) is 18.8 Å². The number of hydrogen-bond acceptors (Lipinski definition) is 9. The lowest BCUT2D eigenvalue weighted by molar-refractivity contribution is -0.0391. The van der Waals surface area contributed by atoms with Gasteiger partial charge >= 0.3 is 23.4 Å². The fourth-order valence-electron chi connectivity index (χ4n) is 3.81. The van der Waals surface area contributed by atoms with E-state index in [2.05, 4.69) is 18.1 Å². The molecule has 4 N–H and O–H groups in total. The number of aromatic nitrogens is 2. The van der Waals surface area contributed by atoms with Crippen LogP contribution in [-0.4, -0.2) is 54.0 Å². The van der Waals surface area contributed by atoms with Crippen molar-refractivity contribution in [3.8, 4) is 0 Å².